The number of nitrogens with zero attached hydrogens (tertiary/aromatic N) is 1. The minimum absolute atomic E-state index is 0.356. The third kappa shape index (κ3) is 3.45. The van der Waals surface area contributed by atoms with E-state index in [9.17, 15) is 0 Å². The fourth-order valence-corrected chi connectivity index (χ4v) is 3.44. The Labute approximate surface area is 107 Å². The van der Waals surface area contributed by atoms with Crippen molar-refractivity contribution in [2.45, 2.75) is 70.3 Å². The minimum Gasteiger partial charge on any atom is -0.329 e. The molecule has 2 saturated carbocycles. The van der Waals surface area contributed by atoms with E-state index in [2.05, 4.69) is 11.8 Å². The fourth-order valence-electron chi connectivity index (χ4n) is 3.44. The van der Waals surface area contributed by atoms with Crippen molar-refractivity contribution in [1.82, 2.24) is 4.90 Å². The zero-order valence-corrected chi connectivity index (χ0v) is 11.6. The summed E-state index contributed by atoms with van der Waals surface area (Å²) in [5, 5.41) is 0. The molecule has 2 aliphatic carbocycles. The molecular formula is C15H30N2. The normalized spacial score (nSPS) is 24.9. The summed E-state index contributed by atoms with van der Waals surface area (Å²) < 4.78 is 0. The van der Waals surface area contributed by atoms with E-state index in [1.807, 2.05) is 0 Å². The molecule has 0 aliphatic heterocycles. The molecule has 2 aliphatic rings. The third-order valence-corrected chi connectivity index (χ3v) is 4.75. The maximum absolute atomic E-state index is 6.19. The average Bonchev–Trinajstić information content (AvgIpc) is 3.15. The molecule has 2 fully saturated rings. The Balaban J connectivity index is 2.03. The van der Waals surface area contributed by atoms with Gasteiger partial charge >= 0.3 is 0 Å². The number of hydrogen-bond acceptors (Lipinski definition) is 2. The Morgan fingerprint density at radius 1 is 1.12 bits per heavy atom. The molecular weight excluding hydrogens is 208 g/mol. The second kappa shape index (κ2) is 6.19. The molecule has 0 atom stereocenters. The topological polar surface area (TPSA) is 29.3 Å². The van der Waals surface area contributed by atoms with E-state index in [1.54, 1.807) is 0 Å². The molecule has 0 radical (unpaired) electrons. The molecule has 0 aromatic carbocycles. The van der Waals surface area contributed by atoms with E-state index in [-0.39, 0.29) is 0 Å². The Bertz CT molecular complexity index is 215. The molecule has 100 valence electrons. The monoisotopic (exact) mass is 238 g/mol. The first-order valence-corrected chi connectivity index (χ1v) is 7.76. The molecule has 0 spiro atoms. The van der Waals surface area contributed by atoms with Crippen molar-refractivity contribution in [3.63, 3.8) is 0 Å². The molecule has 2 N–H and O–H groups in total. The molecule has 0 aromatic heterocycles. The second-order valence-electron chi connectivity index (χ2n) is 6.23. The van der Waals surface area contributed by atoms with Crippen molar-refractivity contribution in [1.29, 1.82) is 0 Å². The van der Waals surface area contributed by atoms with Gasteiger partial charge in [-0.25, -0.2) is 0 Å². The smallest absolute Gasteiger partial charge is 0.0331 e. The maximum Gasteiger partial charge on any atom is 0.0331 e. The van der Waals surface area contributed by atoms with Crippen LogP contribution in [0.5, 0.6) is 0 Å². The minimum atomic E-state index is 0.356. The van der Waals surface area contributed by atoms with Crippen LogP contribution in [-0.2, 0) is 0 Å². The molecule has 2 rings (SSSR count). The highest BCUT2D eigenvalue weighted by Gasteiger charge is 2.37. The number of rotatable bonds is 6. The van der Waals surface area contributed by atoms with Crippen LogP contribution >= 0.6 is 0 Å². The van der Waals surface area contributed by atoms with Crippen LogP contribution in [-0.4, -0.2) is 30.1 Å². The van der Waals surface area contributed by atoms with Gasteiger partial charge < -0.3 is 5.73 Å². The molecule has 0 unspecified atom stereocenters. The first-order valence-electron chi connectivity index (χ1n) is 7.76. The van der Waals surface area contributed by atoms with Crippen LogP contribution in [0.1, 0.15) is 64.7 Å². The van der Waals surface area contributed by atoms with Crippen LogP contribution in [0.15, 0.2) is 0 Å². The lowest BCUT2D eigenvalue weighted by atomic mass is 9.87. The number of hydrogen-bond donors (Lipinski definition) is 1. The average molecular weight is 238 g/mol. The summed E-state index contributed by atoms with van der Waals surface area (Å²) in [4.78, 5) is 2.77. The van der Waals surface area contributed by atoms with Crippen LogP contribution in [0.4, 0.5) is 0 Å². The SMILES string of the molecule is CCCN(CC1CC1)C1(CN)CCCCCC1. The molecule has 0 heterocycles. The Kier molecular flexibility index (Phi) is 4.87. The van der Waals surface area contributed by atoms with Gasteiger partial charge in [0.2, 0.25) is 0 Å². The molecule has 0 amide bonds. The lowest BCUT2D eigenvalue weighted by Gasteiger charge is -2.43. The third-order valence-electron chi connectivity index (χ3n) is 4.75. The molecule has 2 nitrogen and oxygen atoms in total. The largest absolute Gasteiger partial charge is 0.329 e. The van der Waals surface area contributed by atoms with E-state index in [1.165, 1.54) is 70.9 Å². The standard InChI is InChI=1S/C15H30N2/c1-2-11-17(12-14-7-8-14)15(13-16)9-5-3-4-6-10-15/h14H,2-13,16H2,1H3. The van der Waals surface area contributed by atoms with E-state index in [0.29, 0.717) is 5.54 Å². The lowest BCUT2D eigenvalue weighted by molar-refractivity contribution is 0.0726. The van der Waals surface area contributed by atoms with Gasteiger partial charge in [-0.15, -0.1) is 0 Å². The van der Waals surface area contributed by atoms with E-state index in [4.69, 9.17) is 5.73 Å². The van der Waals surface area contributed by atoms with Crippen LogP contribution < -0.4 is 5.73 Å². The quantitative estimate of drug-likeness (QED) is 0.720. The summed E-state index contributed by atoms with van der Waals surface area (Å²) in [6, 6.07) is 0. The van der Waals surface area contributed by atoms with Crippen molar-refractivity contribution in [2.75, 3.05) is 19.6 Å². The van der Waals surface area contributed by atoms with Crippen molar-refractivity contribution in [2.24, 2.45) is 11.7 Å². The number of nitrogens with two attached hydrogens (primary N) is 1. The first kappa shape index (κ1) is 13.4. The Morgan fingerprint density at radius 3 is 2.24 bits per heavy atom. The van der Waals surface area contributed by atoms with Gasteiger partial charge in [0.15, 0.2) is 0 Å². The van der Waals surface area contributed by atoms with Crippen molar-refractivity contribution >= 4 is 0 Å². The van der Waals surface area contributed by atoms with Crippen LogP contribution in [0.25, 0.3) is 0 Å². The zero-order chi connectivity index (χ0) is 12.1. The van der Waals surface area contributed by atoms with Gasteiger partial charge in [0, 0.05) is 18.6 Å². The Morgan fingerprint density at radius 2 is 1.76 bits per heavy atom. The maximum atomic E-state index is 6.19. The van der Waals surface area contributed by atoms with Gasteiger partial charge in [0.1, 0.15) is 0 Å². The highest BCUT2D eigenvalue weighted by atomic mass is 15.2. The first-order chi connectivity index (χ1) is 8.30. The van der Waals surface area contributed by atoms with Gasteiger partial charge in [-0.1, -0.05) is 32.6 Å². The highest BCUT2D eigenvalue weighted by molar-refractivity contribution is 4.95. The molecule has 2 heteroatoms. The van der Waals surface area contributed by atoms with Gasteiger partial charge in [0.25, 0.3) is 0 Å². The molecule has 0 bridgehead atoms. The second-order valence-corrected chi connectivity index (χ2v) is 6.23. The van der Waals surface area contributed by atoms with Crippen molar-refractivity contribution in [3.05, 3.63) is 0 Å². The summed E-state index contributed by atoms with van der Waals surface area (Å²) >= 11 is 0. The summed E-state index contributed by atoms with van der Waals surface area (Å²) in [5.74, 6) is 0.994. The fraction of sp³-hybridized carbons (Fsp3) is 1.00. The van der Waals surface area contributed by atoms with Crippen LogP contribution in [0, 0.1) is 5.92 Å². The van der Waals surface area contributed by atoms with Crippen molar-refractivity contribution < 1.29 is 0 Å². The van der Waals surface area contributed by atoms with Gasteiger partial charge in [-0.2, -0.15) is 0 Å². The summed E-state index contributed by atoms with van der Waals surface area (Å²) in [7, 11) is 0. The van der Waals surface area contributed by atoms with Gasteiger partial charge in [-0.05, 0) is 44.6 Å². The molecule has 0 saturated heterocycles. The van der Waals surface area contributed by atoms with Gasteiger partial charge in [0.05, 0.1) is 0 Å². The summed E-state index contributed by atoms with van der Waals surface area (Å²) in [6.07, 6.45) is 12.5. The lowest BCUT2D eigenvalue weighted by Crippen LogP contribution is -2.54. The Hall–Kier alpha value is -0.0800. The van der Waals surface area contributed by atoms with E-state index >= 15 is 0 Å². The summed E-state index contributed by atoms with van der Waals surface area (Å²) in [5.41, 5.74) is 6.55. The van der Waals surface area contributed by atoms with E-state index < -0.39 is 0 Å². The van der Waals surface area contributed by atoms with Crippen molar-refractivity contribution in [3.8, 4) is 0 Å². The van der Waals surface area contributed by atoms with Crippen LogP contribution in [0.3, 0.4) is 0 Å². The predicted octanol–water partition coefficient (Wildman–Crippen LogP) is 3.16. The predicted molar refractivity (Wildman–Crippen MR) is 74.1 cm³/mol. The zero-order valence-electron chi connectivity index (χ0n) is 11.6. The highest BCUT2D eigenvalue weighted by Crippen LogP contribution is 2.37. The van der Waals surface area contributed by atoms with Gasteiger partial charge in [-0.3, -0.25) is 4.90 Å². The molecule has 17 heavy (non-hydrogen) atoms. The van der Waals surface area contributed by atoms with E-state index in [0.717, 1.165) is 12.5 Å². The summed E-state index contributed by atoms with van der Waals surface area (Å²) in [6.45, 7) is 5.76. The van der Waals surface area contributed by atoms with Crippen LogP contribution in [0.2, 0.25) is 0 Å². The molecule has 0 aromatic rings.